The van der Waals surface area contributed by atoms with Gasteiger partial charge in [-0.2, -0.15) is 5.10 Å². The van der Waals surface area contributed by atoms with Crippen molar-refractivity contribution in [2.24, 2.45) is 0 Å². The second-order valence-corrected chi connectivity index (χ2v) is 5.05. The van der Waals surface area contributed by atoms with Crippen LogP contribution in [0.2, 0.25) is 0 Å². The van der Waals surface area contributed by atoms with Crippen molar-refractivity contribution in [3.05, 3.63) is 11.6 Å². The molecule has 1 heterocycles. The SMILES string of the molecule is CCNC(C)(CCCCn1nc(C)nc1C)C(=O)O. The molecule has 0 fully saturated rings. The summed E-state index contributed by atoms with van der Waals surface area (Å²) in [5.74, 6) is 0.896. The summed E-state index contributed by atoms with van der Waals surface area (Å²) >= 11 is 0. The van der Waals surface area contributed by atoms with E-state index in [2.05, 4.69) is 15.4 Å². The first-order valence-corrected chi connectivity index (χ1v) is 6.75. The second kappa shape index (κ2) is 6.65. The molecule has 1 aromatic heterocycles. The van der Waals surface area contributed by atoms with Gasteiger partial charge in [-0.15, -0.1) is 0 Å². The van der Waals surface area contributed by atoms with Crippen LogP contribution in [0.3, 0.4) is 0 Å². The van der Waals surface area contributed by atoms with Crippen LogP contribution in [0.1, 0.15) is 44.8 Å². The standard InChI is InChI=1S/C13H24N4O2/c1-5-14-13(4,12(18)19)8-6-7-9-17-11(3)15-10(2)16-17/h14H,5-9H2,1-4H3,(H,18,19). The van der Waals surface area contributed by atoms with Crippen molar-refractivity contribution in [3.8, 4) is 0 Å². The van der Waals surface area contributed by atoms with Gasteiger partial charge in [0.25, 0.3) is 0 Å². The number of carboxylic acids is 1. The highest BCUT2D eigenvalue weighted by molar-refractivity contribution is 5.78. The molecular formula is C13H24N4O2. The maximum atomic E-state index is 11.2. The van der Waals surface area contributed by atoms with Gasteiger partial charge in [0.05, 0.1) is 0 Å². The minimum absolute atomic E-state index is 0.614. The van der Waals surface area contributed by atoms with E-state index in [1.807, 2.05) is 25.5 Å². The van der Waals surface area contributed by atoms with Crippen LogP contribution in [0, 0.1) is 13.8 Å². The smallest absolute Gasteiger partial charge is 0.323 e. The Morgan fingerprint density at radius 2 is 2.11 bits per heavy atom. The van der Waals surface area contributed by atoms with Crippen molar-refractivity contribution in [1.82, 2.24) is 20.1 Å². The van der Waals surface area contributed by atoms with E-state index in [0.29, 0.717) is 13.0 Å². The van der Waals surface area contributed by atoms with Crippen molar-refractivity contribution >= 4 is 5.97 Å². The fourth-order valence-corrected chi connectivity index (χ4v) is 2.17. The molecule has 0 aromatic carbocycles. The minimum Gasteiger partial charge on any atom is -0.480 e. The number of aliphatic carboxylic acids is 1. The van der Waals surface area contributed by atoms with E-state index in [-0.39, 0.29) is 0 Å². The van der Waals surface area contributed by atoms with Crippen molar-refractivity contribution in [1.29, 1.82) is 0 Å². The lowest BCUT2D eigenvalue weighted by Gasteiger charge is -2.25. The number of unbranched alkanes of at least 4 members (excludes halogenated alkanes) is 1. The van der Waals surface area contributed by atoms with Gasteiger partial charge in [-0.1, -0.05) is 6.92 Å². The summed E-state index contributed by atoms with van der Waals surface area (Å²) in [6.07, 6.45) is 2.36. The number of hydrogen-bond donors (Lipinski definition) is 2. The molecule has 1 rings (SSSR count). The third-order valence-corrected chi connectivity index (χ3v) is 3.30. The van der Waals surface area contributed by atoms with Crippen LogP contribution in [-0.4, -0.2) is 37.9 Å². The fraction of sp³-hybridized carbons (Fsp3) is 0.769. The Balaban J connectivity index is 2.41. The first-order chi connectivity index (χ1) is 8.89. The summed E-state index contributed by atoms with van der Waals surface area (Å²) in [7, 11) is 0. The number of carbonyl (C=O) groups is 1. The molecule has 0 saturated heterocycles. The lowest BCUT2D eigenvalue weighted by atomic mass is 9.95. The van der Waals surface area contributed by atoms with Crippen LogP contribution in [0.5, 0.6) is 0 Å². The summed E-state index contributed by atoms with van der Waals surface area (Å²) in [5, 5.41) is 16.6. The minimum atomic E-state index is -0.831. The highest BCUT2D eigenvalue weighted by Gasteiger charge is 2.30. The normalized spacial score (nSPS) is 14.3. The Kier molecular flexibility index (Phi) is 5.47. The van der Waals surface area contributed by atoms with Crippen molar-refractivity contribution < 1.29 is 9.90 Å². The number of aryl methyl sites for hydroxylation is 3. The Hall–Kier alpha value is -1.43. The molecule has 0 radical (unpaired) electrons. The molecule has 0 aliphatic heterocycles. The predicted octanol–water partition coefficient (Wildman–Crippen LogP) is 1.52. The fourth-order valence-electron chi connectivity index (χ4n) is 2.17. The van der Waals surface area contributed by atoms with Crippen LogP contribution in [-0.2, 0) is 11.3 Å². The molecule has 0 aliphatic carbocycles. The molecule has 2 N–H and O–H groups in total. The molecule has 19 heavy (non-hydrogen) atoms. The van der Waals surface area contributed by atoms with E-state index in [9.17, 15) is 9.90 Å². The van der Waals surface area contributed by atoms with Gasteiger partial charge in [0.2, 0.25) is 0 Å². The summed E-state index contributed by atoms with van der Waals surface area (Å²) < 4.78 is 1.88. The number of nitrogens with zero attached hydrogens (tertiary/aromatic N) is 3. The van der Waals surface area contributed by atoms with E-state index < -0.39 is 11.5 Å². The van der Waals surface area contributed by atoms with E-state index >= 15 is 0 Å². The molecule has 1 aromatic rings. The Bertz CT molecular complexity index is 430. The maximum Gasteiger partial charge on any atom is 0.323 e. The topological polar surface area (TPSA) is 80.0 Å². The molecule has 0 aliphatic rings. The number of hydrogen-bond acceptors (Lipinski definition) is 4. The van der Waals surface area contributed by atoms with Gasteiger partial charge in [-0.3, -0.25) is 9.48 Å². The molecule has 0 bridgehead atoms. The highest BCUT2D eigenvalue weighted by Crippen LogP contribution is 2.15. The summed E-state index contributed by atoms with van der Waals surface area (Å²) in [4.78, 5) is 15.5. The number of nitrogens with one attached hydrogen (secondary N) is 1. The molecular weight excluding hydrogens is 244 g/mol. The van der Waals surface area contributed by atoms with Gasteiger partial charge in [-0.25, -0.2) is 4.98 Å². The van der Waals surface area contributed by atoms with Crippen LogP contribution in [0.15, 0.2) is 0 Å². The average molecular weight is 268 g/mol. The number of likely N-dealkylation sites (N-methyl/N-ethyl adjacent to an activating group) is 1. The lowest BCUT2D eigenvalue weighted by Crippen LogP contribution is -2.49. The van der Waals surface area contributed by atoms with Crippen LogP contribution in [0.25, 0.3) is 0 Å². The molecule has 0 spiro atoms. The lowest BCUT2D eigenvalue weighted by molar-refractivity contribution is -0.144. The molecule has 1 unspecified atom stereocenters. The van der Waals surface area contributed by atoms with Crippen molar-refractivity contribution in [2.45, 2.75) is 59.0 Å². The molecule has 6 nitrogen and oxygen atoms in total. The van der Waals surface area contributed by atoms with Gasteiger partial charge >= 0.3 is 5.97 Å². The van der Waals surface area contributed by atoms with Crippen molar-refractivity contribution in [3.63, 3.8) is 0 Å². The predicted molar refractivity (Wildman–Crippen MR) is 73.1 cm³/mol. The molecule has 0 amide bonds. The molecule has 6 heteroatoms. The molecule has 108 valence electrons. The largest absolute Gasteiger partial charge is 0.480 e. The zero-order valence-corrected chi connectivity index (χ0v) is 12.2. The molecule has 1 atom stereocenters. The Labute approximate surface area is 114 Å². The zero-order chi connectivity index (χ0) is 14.5. The van der Waals surface area contributed by atoms with Gasteiger partial charge in [0.15, 0.2) is 0 Å². The van der Waals surface area contributed by atoms with Crippen LogP contribution in [0.4, 0.5) is 0 Å². The first-order valence-electron chi connectivity index (χ1n) is 6.75. The summed E-state index contributed by atoms with van der Waals surface area (Å²) in [6.45, 7) is 8.90. The zero-order valence-electron chi connectivity index (χ0n) is 12.2. The third kappa shape index (κ3) is 4.31. The number of carboxylic acid groups (broad SMARTS) is 1. The Morgan fingerprint density at radius 3 is 2.58 bits per heavy atom. The van der Waals surface area contributed by atoms with Gasteiger partial charge in [0, 0.05) is 6.54 Å². The average Bonchev–Trinajstić information content (AvgIpc) is 2.63. The van der Waals surface area contributed by atoms with E-state index in [1.54, 1.807) is 6.92 Å². The number of rotatable bonds is 8. The third-order valence-electron chi connectivity index (χ3n) is 3.30. The van der Waals surface area contributed by atoms with E-state index in [1.165, 1.54) is 0 Å². The van der Waals surface area contributed by atoms with Crippen LogP contribution >= 0.6 is 0 Å². The summed E-state index contributed by atoms with van der Waals surface area (Å²) in [5.41, 5.74) is -0.831. The van der Waals surface area contributed by atoms with Crippen molar-refractivity contribution in [2.75, 3.05) is 6.54 Å². The van der Waals surface area contributed by atoms with Gasteiger partial charge < -0.3 is 10.4 Å². The quantitative estimate of drug-likeness (QED) is 0.699. The van der Waals surface area contributed by atoms with Gasteiger partial charge in [0.1, 0.15) is 17.2 Å². The van der Waals surface area contributed by atoms with E-state index in [4.69, 9.17) is 0 Å². The Morgan fingerprint density at radius 1 is 1.42 bits per heavy atom. The monoisotopic (exact) mass is 268 g/mol. The highest BCUT2D eigenvalue weighted by atomic mass is 16.4. The number of aromatic nitrogens is 3. The second-order valence-electron chi connectivity index (χ2n) is 5.05. The summed E-state index contributed by atoms with van der Waals surface area (Å²) in [6, 6.07) is 0. The van der Waals surface area contributed by atoms with Gasteiger partial charge in [-0.05, 0) is 46.6 Å². The first kappa shape index (κ1) is 15.6. The molecule has 0 saturated carbocycles. The maximum absolute atomic E-state index is 11.2. The van der Waals surface area contributed by atoms with Crippen LogP contribution < -0.4 is 5.32 Å². The van der Waals surface area contributed by atoms with E-state index in [0.717, 1.165) is 31.0 Å².